The number of nitrogens with zero attached hydrogens (tertiary/aromatic N) is 2. The van der Waals surface area contributed by atoms with E-state index in [1.54, 1.807) is 0 Å². The maximum Gasteiger partial charge on any atom is 0.191 e. The number of fused-ring (bicyclic) bond motifs is 1. The molecule has 9 heteroatoms. The van der Waals surface area contributed by atoms with Crippen LogP contribution in [-0.2, 0) is 22.8 Å². The molecule has 0 saturated heterocycles. The standard InChI is InChI=1S/C20H34N4O3S.HI/c1-4-21-20(23-16(2)10-12-28(3,26)27)22-13-19(25)15-24-11-9-17-7-5-6-8-18(17)14-24;/h5-8,16,19,25H,4,9-15H2,1-3H3,(H2,21,22,23);1H. The summed E-state index contributed by atoms with van der Waals surface area (Å²) >= 11 is 0. The van der Waals surface area contributed by atoms with Crippen LogP contribution in [0.25, 0.3) is 0 Å². The van der Waals surface area contributed by atoms with E-state index in [0.29, 0.717) is 32.0 Å². The average Bonchev–Trinajstić information content (AvgIpc) is 2.64. The van der Waals surface area contributed by atoms with Gasteiger partial charge in [0.25, 0.3) is 0 Å². The fourth-order valence-electron chi connectivity index (χ4n) is 3.28. The van der Waals surface area contributed by atoms with Gasteiger partial charge in [-0.25, -0.2) is 8.42 Å². The summed E-state index contributed by atoms with van der Waals surface area (Å²) in [5.41, 5.74) is 2.73. The Morgan fingerprint density at radius 1 is 1.31 bits per heavy atom. The first-order valence-corrected chi connectivity index (χ1v) is 12.0. The number of sulfone groups is 1. The van der Waals surface area contributed by atoms with Crippen LogP contribution in [0, 0.1) is 0 Å². The number of aliphatic hydroxyl groups excluding tert-OH is 1. The van der Waals surface area contributed by atoms with Crippen molar-refractivity contribution in [1.29, 1.82) is 0 Å². The lowest BCUT2D eigenvalue weighted by Crippen LogP contribution is -2.44. The zero-order chi connectivity index (χ0) is 20.6. The van der Waals surface area contributed by atoms with Gasteiger partial charge in [0.15, 0.2) is 5.96 Å². The third-order valence-electron chi connectivity index (χ3n) is 4.79. The first-order valence-electron chi connectivity index (χ1n) is 9.96. The lowest BCUT2D eigenvalue weighted by Gasteiger charge is -2.30. The summed E-state index contributed by atoms with van der Waals surface area (Å²) in [6.45, 7) is 7.28. The molecule has 2 atom stereocenters. The molecule has 1 aliphatic rings. The van der Waals surface area contributed by atoms with Crippen LogP contribution in [0.1, 0.15) is 31.4 Å². The number of halogens is 1. The summed E-state index contributed by atoms with van der Waals surface area (Å²) in [4.78, 5) is 6.74. The van der Waals surface area contributed by atoms with Gasteiger partial charge in [0.05, 0.1) is 18.4 Å². The zero-order valence-electron chi connectivity index (χ0n) is 17.6. The highest BCUT2D eigenvalue weighted by Crippen LogP contribution is 2.18. The van der Waals surface area contributed by atoms with Crippen molar-refractivity contribution in [3.05, 3.63) is 35.4 Å². The maximum atomic E-state index is 11.3. The van der Waals surface area contributed by atoms with Gasteiger partial charge in [-0.2, -0.15) is 0 Å². The van der Waals surface area contributed by atoms with Gasteiger partial charge in [-0.05, 0) is 37.8 Å². The Morgan fingerprint density at radius 3 is 2.66 bits per heavy atom. The number of aliphatic hydroxyl groups is 1. The van der Waals surface area contributed by atoms with E-state index in [9.17, 15) is 13.5 Å². The first-order chi connectivity index (χ1) is 13.3. The number of hydrogen-bond donors (Lipinski definition) is 3. The molecule has 0 radical (unpaired) electrons. The Balaban J connectivity index is 0.00000420. The molecule has 0 amide bonds. The Bertz CT molecular complexity index is 758. The number of guanidine groups is 1. The van der Waals surface area contributed by atoms with Crippen LogP contribution in [0.15, 0.2) is 29.3 Å². The molecule has 166 valence electrons. The topological polar surface area (TPSA) is 94.0 Å². The molecule has 1 heterocycles. The molecule has 0 spiro atoms. The molecule has 1 aromatic carbocycles. The number of hydrogen-bond acceptors (Lipinski definition) is 5. The van der Waals surface area contributed by atoms with E-state index in [4.69, 9.17) is 0 Å². The van der Waals surface area contributed by atoms with Gasteiger partial charge in [-0.3, -0.25) is 9.89 Å². The summed E-state index contributed by atoms with van der Waals surface area (Å²) in [5.74, 6) is 0.742. The lowest BCUT2D eigenvalue weighted by molar-refractivity contribution is 0.111. The number of benzene rings is 1. The van der Waals surface area contributed by atoms with Gasteiger partial charge in [0, 0.05) is 38.5 Å². The second kappa shape index (κ2) is 12.7. The molecular weight excluding hydrogens is 503 g/mol. The number of rotatable bonds is 9. The van der Waals surface area contributed by atoms with Crippen molar-refractivity contribution in [3.63, 3.8) is 0 Å². The molecule has 0 fully saturated rings. The van der Waals surface area contributed by atoms with Gasteiger partial charge >= 0.3 is 0 Å². The summed E-state index contributed by atoms with van der Waals surface area (Å²) in [6, 6.07) is 8.43. The number of nitrogens with one attached hydrogen (secondary N) is 2. The Labute approximate surface area is 192 Å². The molecule has 2 rings (SSSR count). The maximum absolute atomic E-state index is 11.3. The molecule has 2 unspecified atom stereocenters. The fourth-order valence-corrected chi connectivity index (χ4v) is 4.06. The van der Waals surface area contributed by atoms with Crippen molar-refractivity contribution in [3.8, 4) is 0 Å². The molecule has 0 bridgehead atoms. The highest BCUT2D eigenvalue weighted by atomic mass is 127. The van der Waals surface area contributed by atoms with Crippen molar-refractivity contribution in [2.45, 2.75) is 45.4 Å². The van der Waals surface area contributed by atoms with Crippen molar-refractivity contribution in [2.24, 2.45) is 4.99 Å². The van der Waals surface area contributed by atoms with Crippen LogP contribution in [-0.4, -0.2) is 74.7 Å². The molecule has 29 heavy (non-hydrogen) atoms. The number of β-amino-alcohol motifs (C(OH)–C–C–N with tert-alkyl or cyclic N) is 1. The number of aliphatic imine (C=N–C) groups is 1. The molecule has 0 saturated carbocycles. The van der Waals surface area contributed by atoms with E-state index in [1.165, 1.54) is 17.4 Å². The van der Waals surface area contributed by atoms with Crippen LogP contribution < -0.4 is 10.6 Å². The van der Waals surface area contributed by atoms with E-state index in [2.05, 4.69) is 44.8 Å². The van der Waals surface area contributed by atoms with Crippen LogP contribution >= 0.6 is 24.0 Å². The predicted molar refractivity (Wildman–Crippen MR) is 130 cm³/mol. The SMILES string of the molecule is CCNC(=NCC(O)CN1CCc2ccccc2C1)NC(C)CCS(C)(=O)=O.I. The van der Waals surface area contributed by atoms with Crippen LogP contribution in [0.5, 0.6) is 0 Å². The highest BCUT2D eigenvalue weighted by molar-refractivity contribution is 14.0. The minimum Gasteiger partial charge on any atom is -0.390 e. The minimum absolute atomic E-state index is 0. The van der Waals surface area contributed by atoms with Gasteiger partial charge in [0.2, 0.25) is 0 Å². The quantitative estimate of drug-likeness (QED) is 0.250. The summed E-state index contributed by atoms with van der Waals surface area (Å²) < 4.78 is 22.6. The fraction of sp³-hybridized carbons (Fsp3) is 0.650. The Morgan fingerprint density at radius 2 is 2.00 bits per heavy atom. The van der Waals surface area contributed by atoms with E-state index in [0.717, 1.165) is 19.5 Å². The van der Waals surface area contributed by atoms with Gasteiger partial charge < -0.3 is 15.7 Å². The smallest absolute Gasteiger partial charge is 0.191 e. The van der Waals surface area contributed by atoms with Gasteiger partial charge in [0.1, 0.15) is 9.84 Å². The van der Waals surface area contributed by atoms with E-state index in [-0.39, 0.29) is 35.8 Å². The summed E-state index contributed by atoms with van der Waals surface area (Å²) in [7, 11) is -2.98. The van der Waals surface area contributed by atoms with E-state index < -0.39 is 15.9 Å². The van der Waals surface area contributed by atoms with E-state index >= 15 is 0 Å². The zero-order valence-corrected chi connectivity index (χ0v) is 20.7. The lowest BCUT2D eigenvalue weighted by atomic mass is 10.00. The van der Waals surface area contributed by atoms with Crippen molar-refractivity contribution in [2.75, 3.05) is 38.2 Å². The van der Waals surface area contributed by atoms with Crippen LogP contribution in [0.3, 0.4) is 0 Å². The minimum atomic E-state index is -2.98. The molecule has 0 aliphatic carbocycles. The van der Waals surface area contributed by atoms with Crippen LogP contribution in [0.2, 0.25) is 0 Å². The van der Waals surface area contributed by atoms with Crippen LogP contribution in [0.4, 0.5) is 0 Å². The molecule has 3 N–H and O–H groups in total. The predicted octanol–water partition coefficient (Wildman–Crippen LogP) is 1.40. The highest BCUT2D eigenvalue weighted by Gasteiger charge is 2.18. The van der Waals surface area contributed by atoms with Crippen molar-refractivity contribution >= 4 is 39.8 Å². The van der Waals surface area contributed by atoms with Gasteiger partial charge in [-0.1, -0.05) is 24.3 Å². The van der Waals surface area contributed by atoms with Crippen molar-refractivity contribution < 1.29 is 13.5 Å². The molecule has 7 nitrogen and oxygen atoms in total. The normalized spacial score (nSPS) is 17.0. The Kier molecular flexibility index (Phi) is 11.4. The largest absolute Gasteiger partial charge is 0.390 e. The Hall–Kier alpha value is -0.910. The van der Waals surface area contributed by atoms with Crippen molar-refractivity contribution in [1.82, 2.24) is 15.5 Å². The molecular formula is C20H35IN4O3S. The second-order valence-corrected chi connectivity index (χ2v) is 9.85. The molecule has 0 aromatic heterocycles. The van der Waals surface area contributed by atoms with Gasteiger partial charge in [-0.15, -0.1) is 24.0 Å². The summed E-state index contributed by atoms with van der Waals surface area (Å²) in [5, 5.41) is 16.8. The third-order valence-corrected chi connectivity index (χ3v) is 5.77. The molecule has 1 aliphatic heterocycles. The summed E-state index contributed by atoms with van der Waals surface area (Å²) in [6.07, 6.45) is 2.22. The average molecular weight is 538 g/mol. The first kappa shape index (κ1) is 26.1. The monoisotopic (exact) mass is 538 g/mol. The molecule has 1 aromatic rings. The third kappa shape index (κ3) is 10.1. The second-order valence-electron chi connectivity index (χ2n) is 7.59. The van der Waals surface area contributed by atoms with E-state index in [1.807, 2.05) is 13.8 Å².